The number of fused-ring (bicyclic) bond motifs is 1. The van der Waals surface area contributed by atoms with Crippen LogP contribution in [-0.2, 0) is 17.6 Å². The highest BCUT2D eigenvalue weighted by Crippen LogP contribution is 2.38. The molecule has 0 atom stereocenters. The number of alkyl halides is 3. The Kier molecular flexibility index (Phi) is 8.06. The van der Waals surface area contributed by atoms with Gasteiger partial charge in [0.05, 0.1) is 30.3 Å². The fourth-order valence-corrected chi connectivity index (χ4v) is 5.62. The van der Waals surface area contributed by atoms with E-state index in [0.29, 0.717) is 53.5 Å². The largest absolute Gasteiger partial charge is 0.493 e. The predicted molar refractivity (Wildman–Crippen MR) is 146 cm³/mol. The number of nitrogens with zero attached hydrogens (tertiary/aromatic N) is 3. The van der Waals surface area contributed by atoms with Crippen LogP contribution < -0.4 is 19.9 Å². The molecule has 1 saturated heterocycles. The quantitative estimate of drug-likeness (QED) is 0.242. The number of carbonyl (C=O) groups excluding carboxylic acids is 2. The minimum absolute atomic E-state index is 0.0646. The molecule has 0 unspecified atom stereocenters. The Morgan fingerprint density at radius 3 is 2.63 bits per heavy atom. The van der Waals surface area contributed by atoms with Crippen LogP contribution in [0, 0.1) is 0 Å². The van der Waals surface area contributed by atoms with E-state index in [1.54, 1.807) is 29.1 Å². The summed E-state index contributed by atoms with van der Waals surface area (Å²) in [5, 5.41) is 0.520. The molecule has 2 amide bonds. The summed E-state index contributed by atoms with van der Waals surface area (Å²) in [6.07, 6.45) is -0.845. The molecular weight excluding hydrogens is 561 g/mol. The summed E-state index contributed by atoms with van der Waals surface area (Å²) in [5.41, 5.74) is 5.91. The van der Waals surface area contributed by atoms with E-state index in [0.717, 1.165) is 30.4 Å². The number of primary amides is 1. The number of benzene rings is 2. The van der Waals surface area contributed by atoms with E-state index in [1.807, 2.05) is 4.90 Å². The van der Waals surface area contributed by atoms with Crippen LogP contribution in [0.2, 0.25) is 0 Å². The highest BCUT2D eigenvalue weighted by Gasteiger charge is 2.33. The lowest BCUT2D eigenvalue weighted by Crippen LogP contribution is -2.26. The maximum Gasteiger partial charge on any atom is 0.416 e. The number of rotatable bonds is 11. The molecule has 0 radical (unpaired) electrons. The summed E-state index contributed by atoms with van der Waals surface area (Å²) < 4.78 is 59.1. The number of ether oxygens (including phenoxy) is 3. The molecule has 0 saturated carbocycles. The van der Waals surface area contributed by atoms with Gasteiger partial charge in [-0.2, -0.15) is 13.2 Å². The second-order valence-corrected chi connectivity index (χ2v) is 10.4. The van der Waals surface area contributed by atoms with Gasteiger partial charge in [0.25, 0.3) is 5.91 Å². The third-order valence-electron chi connectivity index (χ3n) is 6.69. The molecule has 0 spiro atoms. The van der Waals surface area contributed by atoms with Crippen LogP contribution in [0.4, 0.5) is 13.2 Å². The number of imidazole rings is 1. The summed E-state index contributed by atoms with van der Waals surface area (Å²) >= 11 is 1.03. The first-order valence-electron chi connectivity index (χ1n) is 12.8. The van der Waals surface area contributed by atoms with Crippen molar-refractivity contribution in [3.05, 3.63) is 64.8 Å². The topological polar surface area (TPSA) is 109 Å². The zero-order chi connectivity index (χ0) is 29.1. The third kappa shape index (κ3) is 6.09. The van der Waals surface area contributed by atoms with Crippen LogP contribution in [0.5, 0.6) is 17.2 Å². The predicted octanol–water partition coefficient (Wildman–Crippen LogP) is 5.18. The number of amides is 2. The van der Waals surface area contributed by atoms with Crippen molar-refractivity contribution in [3.63, 3.8) is 0 Å². The summed E-state index contributed by atoms with van der Waals surface area (Å²) in [7, 11) is 1.51. The Bertz CT molecular complexity index is 1580. The van der Waals surface area contributed by atoms with Crippen LogP contribution in [-0.4, -0.2) is 53.1 Å². The first-order valence-corrected chi connectivity index (χ1v) is 13.6. The molecule has 4 aromatic rings. The summed E-state index contributed by atoms with van der Waals surface area (Å²) in [6.45, 7) is 1.39. The Morgan fingerprint density at radius 2 is 1.93 bits per heavy atom. The molecule has 2 aromatic heterocycles. The van der Waals surface area contributed by atoms with E-state index in [4.69, 9.17) is 19.9 Å². The van der Waals surface area contributed by atoms with Gasteiger partial charge in [-0.05, 0) is 18.9 Å². The summed E-state index contributed by atoms with van der Waals surface area (Å²) in [6, 6.07) is 10.1. The number of halogens is 3. The fourth-order valence-electron chi connectivity index (χ4n) is 4.68. The van der Waals surface area contributed by atoms with Crippen LogP contribution in [0.15, 0.2) is 48.8 Å². The SMILES string of the molecule is COc1cc2c(cc1OCCCN1CCCC1=O)ncn2-c1cc(OCc2ccccc2C(F)(F)F)c(C(N)=O)s1. The van der Waals surface area contributed by atoms with Gasteiger partial charge in [-0.25, -0.2) is 4.98 Å². The number of thiophene rings is 1. The van der Waals surface area contributed by atoms with Crippen molar-refractivity contribution >= 4 is 34.2 Å². The van der Waals surface area contributed by atoms with Crippen LogP contribution in [0.1, 0.15) is 40.1 Å². The molecule has 9 nitrogen and oxygen atoms in total. The van der Waals surface area contributed by atoms with Gasteiger partial charge in [0.2, 0.25) is 5.91 Å². The molecule has 2 aromatic carbocycles. The Morgan fingerprint density at radius 1 is 1.12 bits per heavy atom. The second kappa shape index (κ2) is 11.7. The maximum atomic E-state index is 13.4. The second-order valence-electron chi connectivity index (χ2n) is 9.38. The van der Waals surface area contributed by atoms with E-state index < -0.39 is 24.3 Å². The average Bonchev–Trinajstić information content (AvgIpc) is 3.67. The van der Waals surface area contributed by atoms with Crippen molar-refractivity contribution in [2.75, 3.05) is 26.8 Å². The van der Waals surface area contributed by atoms with Gasteiger partial charge in [0.15, 0.2) is 11.5 Å². The van der Waals surface area contributed by atoms with Crippen molar-refractivity contribution < 1.29 is 37.0 Å². The zero-order valence-electron chi connectivity index (χ0n) is 22.1. The van der Waals surface area contributed by atoms with Crippen LogP contribution in [0.25, 0.3) is 16.0 Å². The van der Waals surface area contributed by atoms with E-state index in [9.17, 15) is 22.8 Å². The molecule has 2 N–H and O–H groups in total. The van der Waals surface area contributed by atoms with Crippen molar-refractivity contribution in [2.45, 2.75) is 32.0 Å². The fraction of sp³-hybridized carbons (Fsp3) is 0.321. The molecule has 216 valence electrons. The van der Waals surface area contributed by atoms with Crippen molar-refractivity contribution in [1.29, 1.82) is 0 Å². The smallest absolute Gasteiger partial charge is 0.416 e. The number of hydrogen-bond acceptors (Lipinski definition) is 7. The highest BCUT2D eigenvalue weighted by atomic mass is 32.1. The Labute approximate surface area is 237 Å². The van der Waals surface area contributed by atoms with Gasteiger partial charge >= 0.3 is 6.18 Å². The molecule has 1 aliphatic rings. The third-order valence-corrected chi connectivity index (χ3v) is 7.82. The molecule has 0 bridgehead atoms. The minimum Gasteiger partial charge on any atom is -0.493 e. The number of nitrogens with two attached hydrogens (primary N) is 1. The zero-order valence-corrected chi connectivity index (χ0v) is 22.9. The molecule has 13 heteroatoms. The molecule has 1 fully saturated rings. The van der Waals surface area contributed by atoms with Gasteiger partial charge < -0.3 is 24.8 Å². The molecular formula is C28H27F3N4O5S. The average molecular weight is 589 g/mol. The van der Waals surface area contributed by atoms with Crippen LogP contribution in [0.3, 0.4) is 0 Å². The first-order chi connectivity index (χ1) is 19.7. The number of aromatic nitrogens is 2. The van der Waals surface area contributed by atoms with Gasteiger partial charge in [-0.3, -0.25) is 14.2 Å². The minimum atomic E-state index is -4.55. The van der Waals surface area contributed by atoms with Crippen molar-refractivity contribution in [1.82, 2.24) is 14.5 Å². The molecule has 0 aliphatic carbocycles. The number of methoxy groups -OCH3 is 1. The van der Waals surface area contributed by atoms with Crippen molar-refractivity contribution in [3.8, 4) is 22.2 Å². The standard InChI is InChI=1S/C28H27F3N4O5S/c1-38-21-13-20-19(12-22(21)39-11-5-10-34-9-4-8-24(34)36)33-16-35(20)25-14-23(26(41-25)27(32)37)40-15-17-6-2-3-7-18(17)28(29,30)31/h2-3,6-7,12-14,16H,4-5,8-11,15H2,1H3,(H2,32,37). The van der Waals surface area contributed by atoms with Gasteiger partial charge in [-0.1, -0.05) is 18.2 Å². The molecule has 3 heterocycles. The number of likely N-dealkylation sites (tertiary alicyclic amines) is 1. The highest BCUT2D eigenvalue weighted by molar-refractivity contribution is 7.16. The van der Waals surface area contributed by atoms with E-state index in [2.05, 4.69) is 4.98 Å². The maximum absolute atomic E-state index is 13.4. The number of hydrogen-bond donors (Lipinski definition) is 1. The molecule has 41 heavy (non-hydrogen) atoms. The van der Waals surface area contributed by atoms with Crippen LogP contribution >= 0.6 is 11.3 Å². The lowest BCUT2D eigenvalue weighted by molar-refractivity contribution is -0.138. The first kappa shape index (κ1) is 28.3. The number of carbonyl (C=O) groups is 2. The van der Waals surface area contributed by atoms with E-state index in [-0.39, 0.29) is 22.1 Å². The molecule has 1 aliphatic heterocycles. The van der Waals surface area contributed by atoms with Gasteiger partial charge in [0.1, 0.15) is 28.6 Å². The monoisotopic (exact) mass is 588 g/mol. The lowest BCUT2D eigenvalue weighted by atomic mass is 10.1. The van der Waals surface area contributed by atoms with Gasteiger partial charge in [0, 0.05) is 43.3 Å². The van der Waals surface area contributed by atoms with E-state index >= 15 is 0 Å². The summed E-state index contributed by atoms with van der Waals surface area (Å²) in [4.78, 5) is 30.3. The Hall–Kier alpha value is -4.26. The van der Waals surface area contributed by atoms with E-state index in [1.165, 1.54) is 25.3 Å². The lowest BCUT2D eigenvalue weighted by Gasteiger charge is -2.16. The van der Waals surface area contributed by atoms with Gasteiger partial charge in [-0.15, -0.1) is 11.3 Å². The van der Waals surface area contributed by atoms with Crippen molar-refractivity contribution in [2.24, 2.45) is 5.73 Å². The Balaban J connectivity index is 1.36. The molecule has 5 rings (SSSR count). The summed E-state index contributed by atoms with van der Waals surface area (Å²) in [5.74, 6) is 0.425. The normalized spacial score (nSPS) is 13.7.